The van der Waals surface area contributed by atoms with Crippen molar-refractivity contribution in [1.29, 1.82) is 0 Å². The zero-order chi connectivity index (χ0) is 33.0. The van der Waals surface area contributed by atoms with Gasteiger partial charge in [-0.05, 0) is 52.6 Å². The van der Waals surface area contributed by atoms with E-state index in [2.05, 4.69) is 150 Å². The van der Waals surface area contributed by atoms with E-state index >= 15 is 0 Å². The lowest BCUT2D eigenvalue weighted by atomic mass is 10.0. The fourth-order valence-corrected chi connectivity index (χ4v) is 7.08. The predicted octanol–water partition coefficient (Wildman–Crippen LogP) is 11.5. The summed E-state index contributed by atoms with van der Waals surface area (Å²) >= 11 is 0. The molecule has 0 saturated carbocycles. The quantitative estimate of drug-likeness (QED) is 0.188. The first-order valence-corrected chi connectivity index (χ1v) is 16.7. The van der Waals surface area contributed by atoms with Gasteiger partial charge in [-0.1, -0.05) is 140 Å². The fourth-order valence-electron chi connectivity index (χ4n) is 7.08. The number of benzene rings is 7. The van der Waals surface area contributed by atoms with E-state index in [9.17, 15) is 0 Å². The van der Waals surface area contributed by atoms with Gasteiger partial charge >= 0.3 is 0 Å². The summed E-state index contributed by atoms with van der Waals surface area (Å²) in [6.45, 7) is 0. The van der Waals surface area contributed by atoms with Crippen molar-refractivity contribution in [2.24, 2.45) is 0 Å². The van der Waals surface area contributed by atoms with Crippen LogP contribution in [0.1, 0.15) is 0 Å². The monoisotopic (exact) mass is 640 g/mol. The van der Waals surface area contributed by atoms with Gasteiger partial charge in [0.2, 0.25) is 5.95 Å². The van der Waals surface area contributed by atoms with E-state index in [1.165, 1.54) is 0 Å². The molecule has 50 heavy (non-hydrogen) atoms. The van der Waals surface area contributed by atoms with Crippen LogP contribution in [0.3, 0.4) is 0 Å². The minimum Gasteiger partial charge on any atom is -0.455 e. The summed E-state index contributed by atoms with van der Waals surface area (Å²) in [5.41, 5.74) is 10.1. The molecule has 0 radical (unpaired) electrons. The summed E-state index contributed by atoms with van der Waals surface area (Å²) in [7, 11) is 0. The number of hydrogen-bond acceptors (Lipinski definition) is 4. The van der Waals surface area contributed by atoms with Crippen molar-refractivity contribution in [2.45, 2.75) is 0 Å². The molecule has 10 rings (SSSR count). The lowest BCUT2D eigenvalue weighted by Gasteiger charge is -2.12. The van der Waals surface area contributed by atoms with Gasteiger partial charge in [-0.15, -0.1) is 0 Å². The van der Waals surface area contributed by atoms with E-state index in [4.69, 9.17) is 19.4 Å². The number of hydrogen-bond donors (Lipinski definition) is 0. The van der Waals surface area contributed by atoms with Crippen LogP contribution in [0, 0.1) is 0 Å². The number of nitrogens with zero attached hydrogens (tertiary/aromatic N) is 4. The number of fused-ring (bicyclic) bond motifs is 7. The van der Waals surface area contributed by atoms with Gasteiger partial charge in [0.1, 0.15) is 11.2 Å². The SMILES string of the molecule is c1ccc(-c2ccc(-c3nc(-c4cccc(-c5ccccc5)c4)nc(-n4c5ccccc5c5c6oc7ccccc7c6ccc54)n3)cc2)cc1. The maximum Gasteiger partial charge on any atom is 0.238 e. The standard InChI is InChI=1S/C45H28N4O/c1-3-12-29(13-4-1)31-22-24-32(25-23-31)43-46-44(34-17-11-16-33(28-34)30-14-5-2-6-15-30)48-45(47-43)49-38-20-9-7-19-37(38)41-39(49)27-26-36-35-18-8-10-21-40(35)50-42(36)41/h1-28H. The Morgan fingerprint density at radius 3 is 1.74 bits per heavy atom. The number of aromatic nitrogens is 4. The number of rotatable bonds is 5. The van der Waals surface area contributed by atoms with Crippen LogP contribution in [0.15, 0.2) is 174 Å². The van der Waals surface area contributed by atoms with E-state index in [0.717, 1.165) is 77.1 Å². The number of para-hydroxylation sites is 2. The zero-order valence-corrected chi connectivity index (χ0v) is 26.9. The Labute approximate surface area is 287 Å². The maximum atomic E-state index is 6.55. The van der Waals surface area contributed by atoms with Crippen molar-refractivity contribution >= 4 is 43.7 Å². The third-order valence-corrected chi connectivity index (χ3v) is 9.48. The molecule has 0 saturated heterocycles. The first-order valence-electron chi connectivity index (χ1n) is 16.7. The number of furan rings is 1. The molecule has 234 valence electrons. The lowest BCUT2D eigenvalue weighted by Crippen LogP contribution is -2.06. The van der Waals surface area contributed by atoms with Crippen molar-refractivity contribution in [3.63, 3.8) is 0 Å². The van der Waals surface area contributed by atoms with Crippen LogP contribution < -0.4 is 0 Å². The van der Waals surface area contributed by atoms with Gasteiger partial charge in [-0.25, -0.2) is 4.98 Å². The Bertz CT molecular complexity index is 2850. The van der Waals surface area contributed by atoms with Gasteiger partial charge in [0.15, 0.2) is 11.6 Å². The molecule has 5 nitrogen and oxygen atoms in total. The van der Waals surface area contributed by atoms with E-state index in [0.29, 0.717) is 17.6 Å². The van der Waals surface area contributed by atoms with Gasteiger partial charge < -0.3 is 4.42 Å². The highest BCUT2D eigenvalue weighted by Gasteiger charge is 2.21. The molecule has 0 spiro atoms. The molecule has 0 amide bonds. The Morgan fingerprint density at radius 2 is 0.960 bits per heavy atom. The minimum absolute atomic E-state index is 0.545. The van der Waals surface area contributed by atoms with Gasteiger partial charge in [0.25, 0.3) is 0 Å². The summed E-state index contributed by atoms with van der Waals surface area (Å²) < 4.78 is 8.69. The van der Waals surface area contributed by atoms with Gasteiger partial charge in [0, 0.05) is 27.3 Å². The third-order valence-electron chi connectivity index (χ3n) is 9.48. The second-order valence-corrected chi connectivity index (χ2v) is 12.5. The first-order chi connectivity index (χ1) is 24.8. The molecule has 0 fully saturated rings. The Kier molecular flexibility index (Phi) is 6.42. The molecule has 0 unspecified atom stereocenters. The molecular weight excluding hydrogens is 613 g/mol. The zero-order valence-electron chi connectivity index (χ0n) is 26.9. The van der Waals surface area contributed by atoms with Crippen LogP contribution in [0.4, 0.5) is 0 Å². The Morgan fingerprint density at radius 1 is 0.380 bits per heavy atom. The molecule has 10 aromatic rings. The van der Waals surface area contributed by atoms with Gasteiger partial charge in [-0.3, -0.25) is 4.57 Å². The molecule has 5 heteroatoms. The van der Waals surface area contributed by atoms with Crippen molar-refractivity contribution in [2.75, 3.05) is 0 Å². The molecule has 7 aromatic carbocycles. The van der Waals surface area contributed by atoms with Crippen LogP contribution in [-0.4, -0.2) is 19.5 Å². The normalized spacial score (nSPS) is 11.6. The van der Waals surface area contributed by atoms with Crippen molar-refractivity contribution in [3.8, 4) is 51.0 Å². The molecule has 0 aliphatic heterocycles. The minimum atomic E-state index is 0.545. The van der Waals surface area contributed by atoms with E-state index in [1.54, 1.807) is 0 Å². The largest absolute Gasteiger partial charge is 0.455 e. The summed E-state index contributed by atoms with van der Waals surface area (Å²) in [6.07, 6.45) is 0. The summed E-state index contributed by atoms with van der Waals surface area (Å²) in [5.74, 6) is 1.75. The average Bonchev–Trinajstić information content (AvgIpc) is 3.74. The van der Waals surface area contributed by atoms with Crippen LogP contribution in [-0.2, 0) is 0 Å². The molecule has 0 aliphatic carbocycles. The van der Waals surface area contributed by atoms with Crippen LogP contribution in [0.25, 0.3) is 94.7 Å². The van der Waals surface area contributed by atoms with Gasteiger partial charge in [-0.2, -0.15) is 9.97 Å². The highest BCUT2D eigenvalue weighted by atomic mass is 16.3. The summed E-state index contributed by atoms with van der Waals surface area (Å²) in [5, 5.41) is 4.30. The smallest absolute Gasteiger partial charge is 0.238 e. The van der Waals surface area contributed by atoms with E-state index in [1.807, 2.05) is 24.3 Å². The third kappa shape index (κ3) is 4.60. The average molecular weight is 641 g/mol. The molecule has 3 aromatic heterocycles. The van der Waals surface area contributed by atoms with Crippen molar-refractivity contribution in [3.05, 3.63) is 170 Å². The maximum absolute atomic E-state index is 6.55. The second kappa shape index (κ2) is 11.4. The topological polar surface area (TPSA) is 56.7 Å². The van der Waals surface area contributed by atoms with Crippen LogP contribution >= 0.6 is 0 Å². The Balaban J connectivity index is 1.22. The predicted molar refractivity (Wildman–Crippen MR) is 203 cm³/mol. The molecule has 0 bridgehead atoms. The summed E-state index contributed by atoms with van der Waals surface area (Å²) in [4.78, 5) is 15.5. The Hall–Kier alpha value is -6.85. The van der Waals surface area contributed by atoms with Crippen molar-refractivity contribution < 1.29 is 4.42 Å². The van der Waals surface area contributed by atoms with E-state index < -0.39 is 0 Å². The van der Waals surface area contributed by atoms with Gasteiger partial charge in [0.05, 0.1) is 16.4 Å². The highest BCUT2D eigenvalue weighted by molar-refractivity contribution is 6.23. The molecule has 3 heterocycles. The van der Waals surface area contributed by atoms with Crippen LogP contribution in [0.2, 0.25) is 0 Å². The van der Waals surface area contributed by atoms with Crippen molar-refractivity contribution in [1.82, 2.24) is 19.5 Å². The second-order valence-electron chi connectivity index (χ2n) is 12.5. The molecular formula is C45H28N4O. The van der Waals surface area contributed by atoms with Crippen LogP contribution in [0.5, 0.6) is 0 Å². The highest BCUT2D eigenvalue weighted by Crippen LogP contribution is 2.40. The lowest BCUT2D eigenvalue weighted by molar-refractivity contribution is 0.673. The van der Waals surface area contributed by atoms with E-state index in [-0.39, 0.29) is 0 Å². The fraction of sp³-hybridized carbons (Fsp3) is 0. The molecule has 0 aliphatic rings. The summed E-state index contributed by atoms with van der Waals surface area (Å²) in [6, 6.07) is 58.5. The molecule has 0 N–H and O–H groups in total. The first kappa shape index (κ1) is 28.2. The molecule has 0 atom stereocenters.